The normalized spacial score (nSPS) is 11.3. The van der Waals surface area contributed by atoms with E-state index in [2.05, 4.69) is 15.3 Å². The molecular formula is C15H6Cl4N4S. The molecule has 120 valence electrons. The highest BCUT2D eigenvalue weighted by molar-refractivity contribution is 7.19. The van der Waals surface area contributed by atoms with E-state index in [1.165, 1.54) is 11.3 Å². The lowest BCUT2D eigenvalue weighted by molar-refractivity contribution is 0.971. The highest BCUT2D eigenvalue weighted by Gasteiger charge is 2.15. The minimum Gasteiger partial charge on any atom is -0.182 e. The van der Waals surface area contributed by atoms with Crippen molar-refractivity contribution in [1.29, 1.82) is 0 Å². The Kier molecular flexibility index (Phi) is 4.14. The van der Waals surface area contributed by atoms with Crippen LogP contribution >= 0.6 is 57.7 Å². The summed E-state index contributed by atoms with van der Waals surface area (Å²) in [4.78, 5) is 0.664. The second-order valence-corrected chi connectivity index (χ2v) is 7.47. The predicted molar refractivity (Wildman–Crippen MR) is 99.6 cm³/mol. The molecule has 4 nitrogen and oxygen atoms in total. The van der Waals surface area contributed by atoms with Gasteiger partial charge in [-0.05, 0) is 30.3 Å². The molecule has 0 saturated heterocycles. The SMILES string of the molecule is Clc1ccc(-c2nn3c(-c4ccc(Cl)c(Cl)c4)nnc3s2)cc1Cl. The van der Waals surface area contributed by atoms with Crippen molar-refractivity contribution in [2.24, 2.45) is 0 Å². The first-order valence-corrected chi connectivity index (χ1v) is 8.99. The van der Waals surface area contributed by atoms with Gasteiger partial charge >= 0.3 is 0 Å². The summed E-state index contributed by atoms with van der Waals surface area (Å²) in [6.07, 6.45) is 0. The van der Waals surface area contributed by atoms with E-state index in [0.717, 1.165) is 16.1 Å². The van der Waals surface area contributed by atoms with Crippen molar-refractivity contribution in [3.8, 4) is 22.0 Å². The summed E-state index contributed by atoms with van der Waals surface area (Å²) < 4.78 is 1.67. The summed E-state index contributed by atoms with van der Waals surface area (Å²) in [5.41, 5.74) is 1.64. The van der Waals surface area contributed by atoms with Crippen molar-refractivity contribution in [1.82, 2.24) is 19.8 Å². The summed E-state index contributed by atoms with van der Waals surface area (Å²) in [6.45, 7) is 0. The Morgan fingerprint density at radius 2 is 1.38 bits per heavy atom. The Morgan fingerprint density at radius 3 is 2.04 bits per heavy atom. The number of hydrogen-bond acceptors (Lipinski definition) is 4. The highest BCUT2D eigenvalue weighted by atomic mass is 35.5. The van der Waals surface area contributed by atoms with E-state index >= 15 is 0 Å². The van der Waals surface area contributed by atoms with E-state index in [0.29, 0.717) is 30.9 Å². The monoisotopic (exact) mass is 414 g/mol. The number of hydrogen-bond donors (Lipinski definition) is 0. The smallest absolute Gasteiger partial charge is 0.182 e. The van der Waals surface area contributed by atoms with Gasteiger partial charge in [-0.3, -0.25) is 0 Å². The maximum atomic E-state index is 6.08. The Bertz CT molecular complexity index is 1070. The Morgan fingerprint density at radius 1 is 0.750 bits per heavy atom. The van der Waals surface area contributed by atoms with E-state index in [9.17, 15) is 0 Å². The molecule has 0 spiro atoms. The molecule has 0 N–H and O–H groups in total. The van der Waals surface area contributed by atoms with Gasteiger partial charge in [0, 0.05) is 11.1 Å². The molecule has 2 aromatic carbocycles. The molecule has 0 amide bonds. The lowest BCUT2D eigenvalue weighted by Gasteiger charge is -2.00. The van der Waals surface area contributed by atoms with Crippen LogP contribution in [0.2, 0.25) is 20.1 Å². The molecule has 2 aromatic heterocycles. The Labute approximate surface area is 160 Å². The molecule has 0 aliphatic carbocycles. The molecule has 0 bridgehead atoms. The van der Waals surface area contributed by atoms with Crippen molar-refractivity contribution in [2.45, 2.75) is 0 Å². The molecule has 0 aliphatic heterocycles. The Balaban J connectivity index is 1.83. The second-order valence-electron chi connectivity index (χ2n) is 4.88. The summed E-state index contributed by atoms with van der Waals surface area (Å²) in [7, 11) is 0. The van der Waals surface area contributed by atoms with Crippen LogP contribution in [0.5, 0.6) is 0 Å². The highest BCUT2D eigenvalue weighted by Crippen LogP contribution is 2.33. The largest absolute Gasteiger partial charge is 0.235 e. The van der Waals surface area contributed by atoms with Crippen molar-refractivity contribution >= 4 is 62.7 Å². The zero-order chi connectivity index (χ0) is 16.8. The van der Waals surface area contributed by atoms with Gasteiger partial charge in [-0.2, -0.15) is 9.61 Å². The maximum absolute atomic E-state index is 6.08. The minimum atomic E-state index is 0.450. The molecule has 0 radical (unpaired) electrons. The molecule has 0 unspecified atom stereocenters. The lowest BCUT2D eigenvalue weighted by atomic mass is 10.2. The third kappa shape index (κ3) is 2.76. The third-order valence-electron chi connectivity index (χ3n) is 3.34. The average molecular weight is 416 g/mol. The van der Waals surface area contributed by atoms with Gasteiger partial charge in [0.25, 0.3) is 0 Å². The lowest BCUT2D eigenvalue weighted by Crippen LogP contribution is -1.91. The maximum Gasteiger partial charge on any atom is 0.235 e. The fourth-order valence-corrected chi connectivity index (χ4v) is 3.61. The van der Waals surface area contributed by atoms with Crippen LogP contribution in [0.4, 0.5) is 0 Å². The van der Waals surface area contributed by atoms with Crippen LogP contribution < -0.4 is 0 Å². The number of benzene rings is 2. The van der Waals surface area contributed by atoms with E-state index in [-0.39, 0.29) is 0 Å². The van der Waals surface area contributed by atoms with Gasteiger partial charge in [0.15, 0.2) is 5.82 Å². The van der Waals surface area contributed by atoms with Gasteiger partial charge in [0.05, 0.1) is 20.1 Å². The van der Waals surface area contributed by atoms with Gasteiger partial charge in [0.1, 0.15) is 5.01 Å². The fourth-order valence-electron chi connectivity index (χ4n) is 2.18. The molecule has 0 atom stereocenters. The second kappa shape index (κ2) is 6.17. The van der Waals surface area contributed by atoms with Gasteiger partial charge < -0.3 is 0 Å². The first kappa shape index (κ1) is 16.1. The summed E-state index contributed by atoms with van der Waals surface area (Å²) in [5.74, 6) is 0.589. The fraction of sp³-hybridized carbons (Fsp3) is 0. The van der Waals surface area contributed by atoms with Crippen molar-refractivity contribution < 1.29 is 0 Å². The van der Waals surface area contributed by atoms with Crippen molar-refractivity contribution in [3.63, 3.8) is 0 Å². The molecule has 24 heavy (non-hydrogen) atoms. The Hall–Kier alpha value is -1.37. The molecule has 0 fully saturated rings. The zero-order valence-electron chi connectivity index (χ0n) is 11.7. The van der Waals surface area contributed by atoms with E-state index in [1.54, 1.807) is 28.8 Å². The van der Waals surface area contributed by atoms with Crippen LogP contribution in [0.3, 0.4) is 0 Å². The van der Waals surface area contributed by atoms with E-state index in [1.807, 2.05) is 12.1 Å². The van der Waals surface area contributed by atoms with Crippen LogP contribution in [-0.2, 0) is 0 Å². The first-order chi connectivity index (χ1) is 11.5. The molecule has 2 heterocycles. The van der Waals surface area contributed by atoms with E-state index < -0.39 is 0 Å². The summed E-state index contributed by atoms with van der Waals surface area (Å²) >= 11 is 25.5. The third-order valence-corrected chi connectivity index (χ3v) is 5.76. The van der Waals surface area contributed by atoms with Gasteiger partial charge in [-0.15, -0.1) is 10.2 Å². The number of nitrogens with zero attached hydrogens (tertiary/aromatic N) is 4. The number of fused-ring (bicyclic) bond motifs is 1. The molecule has 0 aliphatic rings. The van der Waals surface area contributed by atoms with Crippen molar-refractivity contribution in [3.05, 3.63) is 56.5 Å². The van der Waals surface area contributed by atoms with Crippen LogP contribution in [0, 0.1) is 0 Å². The van der Waals surface area contributed by atoms with Gasteiger partial charge in [-0.1, -0.05) is 63.8 Å². The van der Waals surface area contributed by atoms with Crippen LogP contribution in [0.25, 0.3) is 26.9 Å². The summed E-state index contributed by atoms with van der Waals surface area (Å²) in [6, 6.07) is 10.6. The molecule has 4 aromatic rings. The topological polar surface area (TPSA) is 43.1 Å². The summed E-state index contributed by atoms with van der Waals surface area (Å²) in [5, 5.41) is 15.6. The minimum absolute atomic E-state index is 0.450. The van der Waals surface area contributed by atoms with Gasteiger partial charge in [-0.25, -0.2) is 0 Å². The molecule has 4 rings (SSSR count). The number of aromatic nitrogens is 4. The molecule has 9 heteroatoms. The molecular weight excluding hydrogens is 410 g/mol. The van der Waals surface area contributed by atoms with Crippen LogP contribution in [0.15, 0.2) is 36.4 Å². The van der Waals surface area contributed by atoms with E-state index in [4.69, 9.17) is 46.4 Å². The number of halogens is 4. The predicted octanol–water partition coefficient (Wildman–Crippen LogP) is 6.13. The van der Waals surface area contributed by atoms with Crippen molar-refractivity contribution in [2.75, 3.05) is 0 Å². The number of rotatable bonds is 2. The van der Waals surface area contributed by atoms with Gasteiger partial charge in [0.2, 0.25) is 4.96 Å². The standard InChI is InChI=1S/C15H6Cl4N4S/c16-9-3-1-7(5-11(9)18)13-20-21-15-23(13)22-14(24-15)8-2-4-10(17)12(19)6-8/h1-6H. The average Bonchev–Trinajstić information content (AvgIpc) is 3.13. The quantitative estimate of drug-likeness (QED) is 0.395. The van der Waals surface area contributed by atoms with Crippen LogP contribution in [0.1, 0.15) is 0 Å². The molecule has 0 saturated carbocycles. The van der Waals surface area contributed by atoms with Crippen LogP contribution in [-0.4, -0.2) is 19.8 Å². The zero-order valence-corrected chi connectivity index (χ0v) is 15.5. The first-order valence-electron chi connectivity index (χ1n) is 6.66.